The number of nitrogens with one attached hydrogen (secondary N) is 1. The first-order valence-electron chi connectivity index (χ1n) is 9.00. The SMILES string of the molecule is CCc1cc(C(=O)N2CCN([C@@H]3CCCCNC3=O)CC2)sc1C. The minimum Gasteiger partial charge on any atom is -0.355 e. The Hall–Kier alpha value is -1.40. The van der Waals surface area contributed by atoms with E-state index in [0.29, 0.717) is 13.1 Å². The maximum atomic E-state index is 12.7. The summed E-state index contributed by atoms with van der Waals surface area (Å²) >= 11 is 1.60. The molecule has 2 fully saturated rings. The third kappa shape index (κ3) is 3.64. The van der Waals surface area contributed by atoms with E-state index in [2.05, 4.69) is 24.1 Å². The summed E-state index contributed by atoms with van der Waals surface area (Å²) in [6, 6.07) is 2.04. The molecule has 0 bridgehead atoms. The van der Waals surface area contributed by atoms with E-state index in [1.807, 2.05) is 11.0 Å². The van der Waals surface area contributed by atoms with Gasteiger partial charge in [-0.2, -0.15) is 0 Å². The number of piperazine rings is 1. The van der Waals surface area contributed by atoms with Crippen molar-refractivity contribution in [3.05, 3.63) is 21.4 Å². The van der Waals surface area contributed by atoms with Gasteiger partial charge in [-0.05, 0) is 44.2 Å². The molecule has 2 saturated heterocycles. The van der Waals surface area contributed by atoms with E-state index in [1.165, 1.54) is 10.4 Å². The number of carbonyl (C=O) groups excluding carboxylic acids is 2. The molecule has 1 aromatic heterocycles. The summed E-state index contributed by atoms with van der Waals surface area (Å²) in [7, 11) is 0. The molecule has 132 valence electrons. The van der Waals surface area contributed by atoms with Crippen LogP contribution in [0.1, 0.15) is 46.3 Å². The van der Waals surface area contributed by atoms with Crippen molar-refractivity contribution in [1.82, 2.24) is 15.1 Å². The maximum absolute atomic E-state index is 12.7. The van der Waals surface area contributed by atoms with Crippen molar-refractivity contribution in [2.45, 2.75) is 45.6 Å². The molecule has 3 rings (SSSR count). The molecule has 0 radical (unpaired) electrons. The number of nitrogens with zero attached hydrogens (tertiary/aromatic N) is 2. The van der Waals surface area contributed by atoms with Crippen molar-refractivity contribution in [1.29, 1.82) is 0 Å². The highest BCUT2D eigenvalue weighted by atomic mass is 32.1. The summed E-state index contributed by atoms with van der Waals surface area (Å²) in [5, 5.41) is 3.01. The van der Waals surface area contributed by atoms with Crippen molar-refractivity contribution >= 4 is 23.2 Å². The van der Waals surface area contributed by atoms with Crippen LogP contribution in [0, 0.1) is 6.92 Å². The van der Waals surface area contributed by atoms with Crippen LogP contribution in [-0.2, 0) is 11.2 Å². The summed E-state index contributed by atoms with van der Waals surface area (Å²) in [6.45, 7) is 8.00. The molecule has 0 aliphatic carbocycles. The van der Waals surface area contributed by atoms with Crippen molar-refractivity contribution in [2.75, 3.05) is 32.7 Å². The first kappa shape index (κ1) is 17.4. The van der Waals surface area contributed by atoms with Crippen molar-refractivity contribution < 1.29 is 9.59 Å². The quantitative estimate of drug-likeness (QED) is 0.909. The van der Waals surface area contributed by atoms with Crippen LogP contribution in [0.3, 0.4) is 0 Å². The first-order valence-corrected chi connectivity index (χ1v) is 9.82. The molecule has 24 heavy (non-hydrogen) atoms. The highest BCUT2D eigenvalue weighted by Crippen LogP contribution is 2.24. The standard InChI is InChI=1S/C18H27N3O2S/c1-3-14-12-16(24-13(14)2)18(23)21-10-8-20(9-11-21)15-6-4-5-7-19-17(15)22/h12,15H,3-11H2,1-2H3,(H,19,22)/t15-/m1/s1. The van der Waals surface area contributed by atoms with E-state index < -0.39 is 0 Å². The fourth-order valence-corrected chi connectivity index (χ4v) is 4.72. The predicted octanol–water partition coefficient (Wildman–Crippen LogP) is 2.05. The lowest BCUT2D eigenvalue weighted by atomic mass is 10.1. The Morgan fingerprint density at radius 2 is 2.04 bits per heavy atom. The minimum atomic E-state index is -0.0135. The van der Waals surface area contributed by atoms with Gasteiger partial charge in [0, 0.05) is 37.6 Å². The monoisotopic (exact) mass is 349 g/mol. The van der Waals surface area contributed by atoms with Gasteiger partial charge in [0.05, 0.1) is 10.9 Å². The molecule has 1 aromatic rings. The van der Waals surface area contributed by atoms with E-state index in [4.69, 9.17) is 0 Å². The van der Waals surface area contributed by atoms with E-state index >= 15 is 0 Å². The van der Waals surface area contributed by atoms with Gasteiger partial charge >= 0.3 is 0 Å². The topological polar surface area (TPSA) is 52.7 Å². The number of aryl methyl sites for hydroxylation is 2. The summed E-state index contributed by atoms with van der Waals surface area (Å²) in [5.41, 5.74) is 1.28. The molecule has 1 atom stereocenters. The summed E-state index contributed by atoms with van der Waals surface area (Å²) in [4.78, 5) is 31.2. The van der Waals surface area contributed by atoms with E-state index in [1.54, 1.807) is 11.3 Å². The number of hydrogen-bond donors (Lipinski definition) is 1. The maximum Gasteiger partial charge on any atom is 0.264 e. The highest BCUT2D eigenvalue weighted by Gasteiger charge is 2.31. The zero-order valence-electron chi connectivity index (χ0n) is 14.6. The number of carbonyl (C=O) groups is 2. The Morgan fingerprint density at radius 1 is 1.29 bits per heavy atom. The molecular formula is C18H27N3O2S. The molecule has 2 aliphatic heterocycles. The molecule has 1 N–H and O–H groups in total. The van der Waals surface area contributed by atoms with Gasteiger partial charge in [-0.1, -0.05) is 6.92 Å². The molecule has 5 nitrogen and oxygen atoms in total. The molecule has 0 aromatic carbocycles. The molecule has 2 amide bonds. The lowest BCUT2D eigenvalue weighted by molar-refractivity contribution is -0.126. The van der Waals surface area contributed by atoms with E-state index in [0.717, 1.165) is 50.2 Å². The zero-order valence-corrected chi connectivity index (χ0v) is 15.5. The molecule has 3 heterocycles. The second-order valence-corrected chi connectivity index (χ2v) is 7.93. The summed E-state index contributed by atoms with van der Waals surface area (Å²) in [6.07, 6.45) is 4.07. The number of hydrogen-bond acceptors (Lipinski definition) is 4. The lowest BCUT2D eigenvalue weighted by Crippen LogP contribution is -2.55. The Balaban J connectivity index is 1.59. The van der Waals surface area contributed by atoms with Gasteiger partial charge in [0.1, 0.15) is 0 Å². The van der Waals surface area contributed by atoms with Crippen molar-refractivity contribution in [2.24, 2.45) is 0 Å². The van der Waals surface area contributed by atoms with Crippen LogP contribution in [0.25, 0.3) is 0 Å². The second-order valence-electron chi connectivity index (χ2n) is 6.68. The molecule has 0 spiro atoms. The van der Waals surface area contributed by atoms with Gasteiger partial charge in [0.25, 0.3) is 5.91 Å². The van der Waals surface area contributed by atoms with E-state index in [9.17, 15) is 9.59 Å². The van der Waals surface area contributed by atoms with Gasteiger partial charge < -0.3 is 10.2 Å². The van der Waals surface area contributed by atoms with Crippen molar-refractivity contribution in [3.63, 3.8) is 0 Å². The van der Waals surface area contributed by atoms with Gasteiger partial charge in [-0.3, -0.25) is 14.5 Å². The van der Waals surface area contributed by atoms with Crippen LogP contribution in [0.15, 0.2) is 6.07 Å². The zero-order chi connectivity index (χ0) is 17.1. The van der Waals surface area contributed by atoms with Gasteiger partial charge in [0.15, 0.2) is 0 Å². The Morgan fingerprint density at radius 3 is 2.71 bits per heavy atom. The first-order chi connectivity index (χ1) is 11.6. The number of amides is 2. The van der Waals surface area contributed by atoms with E-state index in [-0.39, 0.29) is 17.9 Å². The average molecular weight is 350 g/mol. The average Bonchev–Trinajstić information content (AvgIpc) is 2.84. The molecule has 2 aliphatic rings. The normalized spacial score (nSPS) is 23.0. The molecule has 0 unspecified atom stereocenters. The fraction of sp³-hybridized carbons (Fsp3) is 0.667. The predicted molar refractivity (Wildman–Crippen MR) is 96.6 cm³/mol. The third-order valence-electron chi connectivity index (χ3n) is 5.16. The van der Waals surface area contributed by atoms with Crippen LogP contribution in [0.2, 0.25) is 0 Å². The molecule has 6 heteroatoms. The smallest absolute Gasteiger partial charge is 0.264 e. The van der Waals surface area contributed by atoms with Gasteiger partial charge in [-0.25, -0.2) is 0 Å². The van der Waals surface area contributed by atoms with Crippen molar-refractivity contribution in [3.8, 4) is 0 Å². The Kier molecular flexibility index (Phi) is 5.56. The van der Waals surface area contributed by atoms with Gasteiger partial charge in [-0.15, -0.1) is 11.3 Å². The molecular weight excluding hydrogens is 322 g/mol. The minimum absolute atomic E-state index is 0.0135. The second kappa shape index (κ2) is 7.66. The summed E-state index contributed by atoms with van der Waals surface area (Å²) < 4.78 is 0. The van der Waals surface area contributed by atoms with Crippen LogP contribution in [-0.4, -0.2) is 60.4 Å². The summed E-state index contributed by atoms with van der Waals surface area (Å²) in [5.74, 6) is 0.307. The van der Waals surface area contributed by atoms with Crippen LogP contribution < -0.4 is 5.32 Å². The van der Waals surface area contributed by atoms with Crippen LogP contribution in [0.4, 0.5) is 0 Å². The fourth-order valence-electron chi connectivity index (χ4n) is 3.64. The third-order valence-corrected chi connectivity index (χ3v) is 6.24. The number of rotatable bonds is 3. The highest BCUT2D eigenvalue weighted by molar-refractivity contribution is 7.14. The van der Waals surface area contributed by atoms with Gasteiger partial charge in [0.2, 0.25) is 5.91 Å². The molecule has 0 saturated carbocycles. The van der Waals surface area contributed by atoms with Crippen LogP contribution in [0.5, 0.6) is 0 Å². The lowest BCUT2D eigenvalue weighted by Gasteiger charge is -2.38. The van der Waals surface area contributed by atoms with Crippen LogP contribution >= 0.6 is 11.3 Å². The Bertz CT molecular complexity index is 605. The Labute approximate surface area is 148 Å². The number of thiophene rings is 1. The largest absolute Gasteiger partial charge is 0.355 e.